The number of hydrogen-bond acceptors (Lipinski definition) is 3. The lowest BCUT2D eigenvalue weighted by Gasteiger charge is -2.25. The lowest BCUT2D eigenvalue weighted by atomic mass is 10.1. The van der Waals surface area contributed by atoms with Crippen LogP contribution < -0.4 is 0 Å². The fourth-order valence-corrected chi connectivity index (χ4v) is 5.55. The van der Waals surface area contributed by atoms with Crippen molar-refractivity contribution in [1.82, 2.24) is 4.31 Å². The summed E-state index contributed by atoms with van der Waals surface area (Å²) in [5.74, 6) is 1.81. The molecule has 1 aliphatic heterocycles. The molecular formula is C12H17NO2S2. The van der Waals surface area contributed by atoms with E-state index >= 15 is 0 Å². The second-order valence-electron chi connectivity index (χ2n) is 4.52. The molecule has 0 spiro atoms. The monoisotopic (exact) mass is 271 g/mol. The van der Waals surface area contributed by atoms with Crippen LogP contribution in [0.15, 0.2) is 35.2 Å². The average molecular weight is 271 g/mol. The van der Waals surface area contributed by atoms with Gasteiger partial charge in [0.25, 0.3) is 0 Å². The summed E-state index contributed by atoms with van der Waals surface area (Å²) in [6.07, 6.45) is 0. The predicted octanol–water partition coefficient (Wildman–Crippen LogP) is 2.41. The Morgan fingerprint density at radius 3 is 2.53 bits per heavy atom. The highest BCUT2D eigenvalue weighted by Crippen LogP contribution is 2.31. The molecular weight excluding hydrogens is 254 g/mol. The van der Waals surface area contributed by atoms with Crippen molar-refractivity contribution in [2.24, 2.45) is 5.92 Å². The minimum Gasteiger partial charge on any atom is -0.207 e. The second-order valence-corrected chi connectivity index (χ2v) is 7.41. The molecule has 5 heteroatoms. The first-order valence-electron chi connectivity index (χ1n) is 5.68. The van der Waals surface area contributed by atoms with E-state index in [1.54, 1.807) is 40.3 Å². The Hall–Kier alpha value is -0.520. The summed E-state index contributed by atoms with van der Waals surface area (Å²) in [5, 5.41) is 0. The minimum atomic E-state index is -3.32. The lowest BCUT2D eigenvalue weighted by Crippen LogP contribution is -2.39. The molecule has 0 radical (unpaired) electrons. The van der Waals surface area contributed by atoms with Crippen LogP contribution in [0.5, 0.6) is 0 Å². The van der Waals surface area contributed by atoms with Crippen molar-refractivity contribution in [3.63, 3.8) is 0 Å². The van der Waals surface area contributed by atoms with Crippen molar-refractivity contribution in [3.05, 3.63) is 30.3 Å². The summed E-state index contributed by atoms with van der Waals surface area (Å²) in [7, 11) is -3.32. The molecule has 1 fully saturated rings. The second kappa shape index (κ2) is 5.00. The first-order chi connectivity index (χ1) is 8.03. The zero-order valence-electron chi connectivity index (χ0n) is 10.0. The summed E-state index contributed by atoms with van der Waals surface area (Å²) in [6, 6.07) is 8.80. The summed E-state index contributed by atoms with van der Waals surface area (Å²) < 4.78 is 26.6. The molecule has 1 aliphatic rings. The third-order valence-corrected chi connectivity index (χ3v) is 6.08. The molecule has 0 amide bonds. The van der Waals surface area contributed by atoms with Gasteiger partial charge >= 0.3 is 0 Å². The van der Waals surface area contributed by atoms with E-state index in [2.05, 4.69) is 13.8 Å². The molecule has 0 aliphatic carbocycles. The van der Waals surface area contributed by atoms with E-state index in [0.29, 0.717) is 16.7 Å². The number of benzene rings is 1. The van der Waals surface area contributed by atoms with Gasteiger partial charge in [-0.25, -0.2) is 8.42 Å². The maximum Gasteiger partial charge on any atom is 0.244 e. The van der Waals surface area contributed by atoms with Gasteiger partial charge in [-0.3, -0.25) is 0 Å². The van der Waals surface area contributed by atoms with Crippen molar-refractivity contribution >= 4 is 21.8 Å². The molecule has 2 rings (SSSR count). The van der Waals surface area contributed by atoms with Crippen molar-refractivity contribution in [1.29, 1.82) is 0 Å². The number of thioether (sulfide) groups is 1. The van der Waals surface area contributed by atoms with Crippen molar-refractivity contribution in [3.8, 4) is 0 Å². The highest BCUT2D eigenvalue weighted by molar-refractivity contribution is 8.00. The largest absolute Gasteiger partial charge is 0.244 e. The summed E-state index contributed by atoms with van der Waals surface area (Å²) >= 11 is 1.69. The molecule has 1 saturated heterocycles. The van der Waals surface area contributed by atoms with Gasteiger partial charge in [0.1, 0.15) is 0 Å². The van der Waals surface area contributed by atoms with Crippen molar-refractivity contribution < 1.29 is 8.42 Å². The van der Waals surface area contributed by atoms with Crippen LogP contribution in [-0.4, -0.2) is 30.4 Å². The number of sulfonamides is 1. The van der Waals surface area contributed by atoms with Crippen molar-refractivity contribution in [2.75, 3.05) is 11.6 Å². The molecule has 0 N–H and O–H groups in total. The molecule has 3 nitrogen and oxygen atoms in total. The maximum atomic E-state index is 12.5. The lowest BCUT2D eigenvalue weighted by molar-refractivity contribution is 0.327. The van der Waals surface area contributed by atoms with Gasteiger partial charge in [0.2, 0.25) is 10.0 Å². The van der Waals surface area contributed by atoms with Gasteiger partial charge in [0.15, 0.2) is 0 Å². The maximum absolute atomic E-state index is 12.5. The highest BCUT2D eigenvalue weighted by atomic mass is 32.2. The Kier molecular flexibility index (Phi) is 3.80. The van der Waals surface area contributed by atoms with Crippen LogP contribution >= 0.6 is 11.8 Å². The Morgan fingerprint density at radius 2 is 1.94 bits per heavy atom. The molecule has 94 valence electrons. The molecule has 0 saturated carbocycles. The van der Waals surface area contributed by atoms with Gasteiger partial charge in [0.05, 0.1) is 10.8 Å². The first-order valence-corrected chi connectivity index (χ1v) is 8.27. The molecule has 17 heavy (non-hydrogen) atoms. The summed E-state index contributed by atoms with van der Waals surface area (Å²) in [4.78, 5) is 0.396. The quantitative estimate of drug-likeness (QED) is 0.847. The van der Waals surface area contributed by atoms with E-state index in [1.807, 2.05) is 6.07 Å². The average Bonchev–Trinajstić information content (AvgIpc) is 2.80. The number of nitrogens with zero attached hydrogens (tertiary/aromatic N) is 1. The van der Waals surface area contributed by atoms with Gasteiger partial charge in [-0.05, 0) is 18.1 Å². The summed E-state index contributed by atoms with van der Waals surface area (Å²) in [6.45, 7) is 4.15. The number of hydrogen-bond donors (Lipinski definition) is 0. The van der Waals surface area contributed by atoms with Gasteiger partial charge in [-0.15, -0.1) is 11.8 Å². The van der Waals surface area contributed by atoms with E-state index in [0.717, 1.165) is 5.75 Å². The van der Waals surface area contributed by atoms with Crippen LogP contribution in [-0.2, 0) is 10.0 Å². The molecule has 1 atom stereocenters. The Balaban J connectivity index is 2.33. The number of rotatable bonds is 3. The normalized spacial score (nSPS) is 22.2. The van der Waals surface area contributed by atoms with E-state index < -0.39 is 10.0 Å². The first kappa shape index (κ1) is 12.9. The third kappa shape index (κ3) is 2.51. The van der Waals surface area contributed by atoms with Crippen LogP contribution in [0.25, 0.3) is 0 Å². The fraction of sp³-hybridized carbons (Fsp3) is 0.500. The van der Waals surface area contributed by atoms with Crippen LogP contribution in [0, 0.1) is 5.92 Å². The van der Waals surface area contributed by atoms with Gasteiger partial charge < -0.3 is 0 Å². The SMILES string of the molecule is CC(C)C1CSCN1S(=O)(=O)c1ccccc1. The van der Waals surface area contributed by atoms with E-state index in [9.17, 15) is 8.42 Å². The Labute approximate surface area is 107 Å². The van der Waals surface area contributed by atoms with E-state index in [1.165, 1.54) is 0 Å². The molecule has 1 unspecified atom stereocenters. The minimum absolute atomic E-state index is 0.116. The van der Waals surface area contributed by atoms with Gasteiger partial charge in [0, 0.05) is 11.8 Å². The topological polar surface area (TPSA) is 37.4 Å². The predicted molar refractivity (Wildman–Crippen MR) is 71.4 cm³/mol. The molecule has 0 bridgehead atoms. The van der Waals surface area contributed by atoms with Crippen LogP contribution in [0.1, 0.15) is 13.8 Å². The van der Waals surface area contributed by atoms with Gasteiger partial charge in [-0.1, -0.05) is 32.0 Å². The fourth-order valence-electron chi connectivity index (χ4n) is 1.94. The van der Waals surface area contributed by atoms with E-state index in [4.69, 9.17) is 0 Å². The Morgan fingerprint density at radius 1 is 1.29 bits per heavy atom. The van der Waals surface area contributed by atoms with Crippen LogP contribution in [0.4, 0.5) is 0 Å². The van der Waals surface area contributed by atoms with Gasteiger partial charge in [-0.2, -0.15) is 4.31 Å². The summed E-state index contributed by atoms with van der Waals surface area (Å²) in [5.41, 5.74) is 0. The van der Waals surface area contributed by atoms with Crippen molar-refractivity contribution in [2.45, 2.75) is 24.8 Å². The molecule has 0 aromatic heterocycles. The zero-order valence-corrected chi connectivity index (χ0v) is 11.7. The molecule has 1 aromatic carbocycles. The third-order valence-electron chi connectivity index (χ3n) is 3.00. The van der Waals surface area contributed by atoms with Crippen LogP contribution in [0.2, 0.25) is 0 Å². The smallest absolute Gasteiger partial charge is 0.207 e. The zero-order chi connectivity index (χ0) is 12.5. The van der Waals surface area contributed by atoms with Crippen LogP contribution in [0.3, 0.4) is 0 Å². The van der Waals surface area contributed by atoms with E-state index in [-0.39, 0.29) is 6.04 Å². The Bertz CT molecular complexity index is 471. The molecule has 1 heterocycles. The standard InChI is InChI=1S/C12H17NO2S2/c1-10(2)12-8-16-9-13(12)17(14,15)11-6-4-3-5-7-11/h3-7,10,12H,8-9H2,1-2H3. The highest BCUT2D eigenvalue weighted by Gasteiger charge is 2.37. The molecule has 1 aromatic rings.